The van der Waals surface area contributed by atoms with E-state index in [1.54, 1.807) is 13.3 Å². The molecule has 0 aliphatic carbocycles. The van der Waals surface area contributed by atoms with Crippen molar-refractivity contribution in [2.45, 2.75) is 0 Å². The normalized spacial score (nSPS) is 9.92. The molecule has 0 unspecified atom stereocenters. The summed E-state index contributed by atoms with van der Waals surface area (Å²) in [5.74, 6) is 0.587. The Morgan fingerprint density at radius 2 is 2.38 bits per heavy atom. The second-order valence-corrected chi connectivity index (χ2v) is 3.15. The molecule has 0 amide bonds. The molecule has 0 saturated heterocycles. The monoisotopic (exact) mass is 191 g/mol. The first-order chi connectivity index (χ1) is 6.42. The van der Waals surface area contributed by atoms with Crippen LogP contribution in [0.2, 0.25) is 0 Å². The summed E-state index contributed by atoms with van der Waals surface area (Å²) in [6.45, 7) is 0. The van der Waals surface area contributed by atoms with Crippen molar-refractivity contribution in [3.05, 3.63) is 29.9 Å². The first-order valence-corrected chi connectivity index (χ1v) is 4.55. The maximum atomic E-state index is 5.07. The van der Waals surface area contributed by atoms with Crippen molar-refractivity contribution in [1.29, 1.82) is 0 Å². The van der Waals surface area contributed by atoms with Crippen LogP contribution in [-0.2, 0) is 0 Å². The fourth-order valence-electron chi connectivity index (χ4n) is 1.00. The number of hydrogen-bond acceptors (Lipinski definition) is 4. The Balaban J connectivity index is 2.47. The van der Waals surface area contributed by atoms with Crippen LogP contribution in [0, 0.1) is 5.51 Å². The first-order valence-electron chi connectivity index (χ1n) is 3.74. The molecule has 2 heterocycles. The molecule has 2 rings (SSSR count). The van der Waals surface area contributed by atoms with E-state index < -0.39 is 0 Å². The van der Waals surface area contributed by atoms with Crippen LogP contribution in [0.1, 0.15) is 0 Å². The highest BCUT2D eigenvalue weighted by Crippen LogP contribution is 2.30. The Morgan fingerprint density at radius 3 is 3.08 bits per heavy atom. The molecule has 0 fully saturated rings. The summed E-state index contributed by atoms with van der Waals surface area (Å²) in [5.41, 5.74) is 3.65. The van der Waals surface area contributed by atoms with Gasteiger partial charge in [0.15, 0.2) is 5.51 Å². The van der Waals surface area contributed by atoms with E-state index in [9.17, 15) is 0 Å². The molecule has 3 nitrogen and oxygen atoms in total. The number of nitrogens with zero attached hydrogens (tertiary/aromatic N) is 2. The van der Waals surface area contributed by atoms with E-state index in [0.717, 1.165) is 10.6 Å². The van der Waals surface area contributed by atoms with Gasteiger partial charge in [-0.25, -0.2) is 0 Å². The SMILES string of the molecule is COc1n[c]sc1-c1ccccn1. The highest BCUT2D eigenvalue weighted by Gasteiger charge is 2.09. The molecular formula is C9H7N2OS. The van der Waals surface area contributed by atoms with Crippen molar-refractivity contribution in [2.75, 3.05) is 7.11 Å². The Labute approximate surface area is 80.0 Å². The molecule has 13 heavy (non-hydrogen) atoms. The lowest BCUT2D eigenvalue weighted by Gasteiger charge is -1.98. The molecule has 4 heteroatoms. The van der Waals surface area contributed by atoms with Gasteiger partial charge in [0.25, 0.3) is 0 Å². The van der Waals surface area contributed by atoms with Crippen molar-refractivity contribution in [3.8, 4) is 16.5 Å². The van der Waals surface area contributed by atoms with Gasteiger partial charge in [0.05, 0.1) is 12.8 Å². The summed E-state index contributed by atoms with van der Waals surface area (Å²) in [6, 6.07) is 5.73. The number of aromatic nitrogens is 2. The Morgan fingerprint density at radius 1 is 1.46 bits per heavy atom. The molecule has 0 aliphatic rings. The minimum atomic E-state index is 0.587. The second kappa shape index (κ2) is 3.53. The van der Waals surface area contributed by atoms with Gasteiger partial charge in [-0.3, -0.25) is 4.98 Å². The Kier molecular flexibility index (Phi) is 2.23. The van der Waals surface area contributed by atoms with Gasteiger partial charge in [-0.15, -0.1) is 11.3 Å². The number of thiazole rings is 1. The van der Waals surface area contributed by atoms with E-state index >= 15 is 0 Å². The summed E-state index contributed by atoms with van der Waals surface area (Å²) in [7, 11) is 1.59. The van der Waals surface area contributed by atoms with Crippen LogP contribution in [0.4, 0.5) is 0 Å². The molecule has 0 atom stereocenters. The highest BCUT2D eigenvalue weighted by atomic mass is 32.1. The maximum absolute atomic E-state index is 5.07. The van der Waals surface area contributed by atoms with Gasteiger partial charge >= 0.3 is 0 Å². The molecule has 0 saturated carbocycles. The predicted molar refractivity (Wildman–Crippen MR) is 50.7 cm³/mol. The number of rotatable bonds is 2. The van der Waals surface area contributed by atoms with E-state index in [-0.39, 0.29) is 0 Å². The van der Waals surface area contributed by atoms with Gasteiger partial charge in [-0.05, 0) is 12.1 Å². The summed E-state index contributed by atoms with van der Waals surface area (Å²) < 4.78 is 5.07. The molecule has 0 bridgehead atoms. The smallest absolute Gasteiger partial charge is 0.234 e. The van der Waals surface area contributed by atoms with E-state index in [0.29, 0.717) is 5.88 Å². The van der Waals surface area contributed by atoms with Crippen LogP contribution < -0.4 is 4.74 Å². The molecule has 2 aromatic heterocycles. The minimum absolute atomic E-state index is 0.587. The predicted octanol–water partition coefficient (Wildman–Crippen LogP) is 2.01. The van der Waals surface area contributed by atoms with Crippen LogP contribution in [0.25, 0.3) is 10.6 Å². The van der Waals surface area contributed by atoms with Crippen LogP contribution in [-0.4, -0.2) is 17.1 Å². The van der Waals surface area contributed by atoms with Crippen molar-refractivity contribution >= 4 is 11.3 Å². The van der Waals surface area contributed by atoms with E-state index in [1.807, 2.05) is 18.2 Å². The van der Waals surface area contributed by atoms with Crippen molar-refractivity contribution in [2.24, 2.45) is 0 Å². The highest BCUT2D eigenvalue weighted by molar-refractivity contribution is 7.13. The number of hydrogen-bond donors (Lipinski definition) is 0. The Bertz CT molecular complexity index is 386. The van der Waals surface area contributed by atoms with Crippen LogP contribution in [0.3, 0.4) is 0 Å². The van der Waals surface area contributed by atoms with Gasteiger partial charge in [-0.2, -0.15) is 4.98 Å². The van der Waals surface area contributed by atoms with E-state index in [1.165, 1.54) is 11.3 Å². The molecule has 0 aliphatic heterocycles. The number of ether oxygens (including phenoxy) is 1. The van der Waals surface area contributed by atoms with Crippen molar-refractivity contribution < 1.29 is 4.74 Å². The van der Waals surface area contributed by atoms with Crippen molar-refractivity contribution in [3.63, 3.8) is 0 Å². The van der Waals surface area contributed by atoms with Crippen molar-refractivity contribution in [1.82, 2.24) is 9.97 Å². The summed E-state index contributed by atoms with van der Waals surface area (Å²) >= 11 is 1.40. The van der Waals surface area contributed by atoms with Gasteiger partial charge < -0.3 is 4.74 Å². The van der Waals surface area contributed by atoms with Crippen LogP contribution >= 0.6 is 11.3 Å². The third-order valence-corrected chi connectivity index (χ3v) is 2.35. The zero-order valence-corrected chi connectivity index (χ0v) is 7.84. The van der Waals surface area contributed by atoms with Gasteiger partial charge in [0.2, 0.25) is 5.88 Å². The van der Waals surface area contributed by atoms with Gasteiger partial charge in [0.1, 0.15) is 4.88 Å². The molecule has 65 valence electrons. The largest absolute Gasteiger partial charge is 0.480 e. The number of pyridine rings is 1. The van der Waals surface area contributed by atoms with Gasteiger partial charge in [-0.1, -0.05) is 6.07 Å². The molecule has 1 radical (unpaired) electrons. The minimum Gasteiger partial charge on any atom is -0.480 e. The topological polar surface area (TPSA) is 35.0 Å². The van der Waals surface area contributed by atoms with E-state index in [2.05, 4.69) is 15.5 Å². The van der Waals surface area contributed by atoms with Gasteiger partial charge in [0, 0.05) is 6.20 Å². The third kappa shape index (κ3) is 1.53. The van der Waals surface area contributed by atoms with Crippen LogP contribution in [0.15, 0.2) is 24.4 Å². The number of methoxy groups -OCH3 is 1. The Hall–Kier alpha value is -1.42. The molecular weight excluding hydrogens is 184 g/mol. The summed E-state index contributed by atoms with van der Waals surface area (Å²) in [4.78, 5) is 9.06. The molecule has 0 spiro atoms. The lowest BCUT2D eigenvalue weighted by atomic mass is 10.3. The lowest BCUT2D eigenvalue weighted by molar-refractivity contribution is 0.402. The standard InChI is InChI=1S/C9H7N2OS/c1-12-9-8(13-6-11-9)7-4-2-3-5-10-7/h2-5H,1H3. The lowest BCUT2D eigenvalue weighted by Crippen LogP contribution is -1.86. The molecule has 2 aromatic rings. The molecule has 0 aromatic carbocycles. The fraction of sp³-hybridized carbons (Fsp3) is 0.111. The second-order valence-electron chi connectivity index (χ2n) is 2.36. The summed E-state index contributed by atoms with van der Waals surface area (Å²) in [5, 5.41) is 0. The third-order valence-electron chi connectivity index (χ3n) is 1.58. The fourth-order valence-corrected chi connectivity index (χ4v) is 1.66. The van der Waals surface area contributed by atoms with E-state index in [4.69, 9.17) is 4.74 Å². The quantitative estimate of drug-likeness (QED) is 0.728. The average molecular weight is 191 g/mol. The maximum Gasteiger partial charge on any atom is 0.234 e. The average Bonchev–Trinajstić information content (AvgIpc) is 2.67. The summed E-state index contributed by atoms with van der Waals surface area (Å²) in [6.07, 6.45) is 1.74. The zero-order valence-electron chi connectivity index (χ0n) is 7.02. The first kappa shape index (κ1) is 8.19. The van der Waals surface area contributed by atoms with Crippen LogP contribution in [0.5, 0.6) is 5.88 Å². The zero-order chi connectivity index (χ0) is 9.10. The molecule has 0 N–H and O–H groups in total.